The van der Waals surface area contributed by atoms with Crippen LogP contribution in [0.2, 0.25) is 0 Å². The predicted molar refractivity (Wildman–Crippen MR) is 63.3 cm³/mol. The number of hydrogen-bond donors (Lipinski definition) is 1. The van der Waals surface area contributed by atoms with Gasteiger partial charge in [0.05, 0.1) is 6.10 Å². The zero-order valence-corrected chi connectivity index (χ0v) is 9.33. The van der Waals surface area contributed by atoms with Crippen LogP contribution in [0.3, 0.4) is 0 Å². The van der Waals surface area contributed by atoms with Crippen molar-refractivity contribution in [1.29, 1.82) is 0 Å². The molecule has 0 bridgehead atoms. The van der Waals surface area contributed by atoms with E-state index in [1.54, 1.807) is 0 Å². The average Bonchev–Trinajstić information content (AvgIpc) is 2.29. The largest absolute Gasteiger partial charge is 0.382 e. The molecule has 2 rings (SSSR count). The molecule has 0 saturated heterocycles. The van der Waals surface area contributed by atoms with Crippen molar-refractivity contribution in [2.45, 2.75) is 32.3 Å². The monoisotopic (exact) mass is 205 g/mol. The Morgan fingerprint density at radius 3 is 3.13 bits per heavy atom. The second-order valence-electron chi connectivity index (χ2n) is 4.09. The zero-order valence-electron chi connectivity index (χ0n) is 9.33. The quantitative estimate of drug-likeness (QED) is 0.763. The van der Waals surface area contributed by atoms with E-state index in [-0.39, 0.29) is 0 Å². The minimum atomic E-state index is 0.353. The summed E-state index contributed by atoms with van der Waals surface area (Å²) in [6.45, 7) is 4.03. The van der Waals surface area contributed by atoms with Crippen molar-refractivity contribution >= 4 is 5.69 Å². The Morgan fingerprint density at radius 2 is 2.27 bits per heavy atom. The molecule has 15 heavy (non-hydrogen) atoms. The van der Waals surface area contributed by atoms with Gasteiger partial charge in [-0.3, -0.25) is 0 Å². The Labute approximate surface area is 91.6 Å². The lowest BCUT2D eigenvalue weighted by Crippen LogP contribution is -2.30. The molecule has 1 aliphatic rings. The van der Waals surface area contributed by atoms with Gasteiger partial charge < -0.3 is 10.1 Å². The molecule has 1 atom stereocenters. The maximum Gasteiger partial charge on any atom is 0.0788 e. The van der Waals surface area contributed by atoms with Crippen LogP contribution in [0.4, 0.5) is 5.69 Å². The van der Waals surface area contributed by atoms with E-state index in [0.29, 0.717) is 6.10 Å². The van der Waals surface area contributed by atoms with Crippen LogP contribution in [0.15, 0.2) is 24.3 Å². The number of rotatable bonds is 4. The fraction of sp³-hybridized carbons (Fsp3) is 0.538. The maximum absolute atomic E-state index is 5.82. The summed E-state index contributed by atoms with van der Waals surface area (Å²) in [4.78, 5) is 0. The van der Waals surface area contributed by atoms with E-state index in [9.17, 15) is 0 Å². The van der Waals surface area contributed by atoms with Crippen LogP contribution >= 0.6 is 0 Å². The summed E-state index contributed by atoms with van der Waals surface area (Å²) in [5, 5.41) is 3.41. The third-order valence-electron chi connectivity index (χ3n) is 2.84. The third kappa shape index (κ3) is 2.72. The Kier molecular flexibility index (Phi) is 3.62. The molecular formula is C13H19NO. The molecule has 0 radical (unpaired) electrons. The molecule has 1 N–H and O–H groups in total. The maximum atomic E-state index is 5.82. The highest BCUT2D eigenvalue weighted by molar-refractivity contribution is 5.53. The lowest BCUT2D eigenvalue weighted by Gasteiger charge is -2.26. The van der Waals surface area contributed by atoms with E-state index in [0.717, 1.165) is 26.0 Å². The van der Waals surface area contributed by atoms with Gasteiger partial charge in [-0.1, -0.05) is 31.5 Å². The molecule has 0 aliphatic carbocycles. The molecule has 0 amide bonds. The van der Waals surface area contributed by atoms with Crippen LogP contribution in [-0.2, 0) is 11.2 Å². The summed E-state index contributed by atoms with van der Waals surface area (Å²) in [5.41, 5.74) is 2.65. The lowest BCUT2D eigenvalue weighted by molar-refractivity contribution is 0.0584. The van der Waals surface area contributed by atoms with Gasteiger partial charge in [0.25, 0.3) is 0 Å². The Hall–Kier alpha value is -1.02. The normalized spacial score (nSPS) is 19.4. The van der Waals surface area contributed by atoms with E-state index < -0.39 is 0 Å². The van der Waals surface area contributed by atoms with E-state index >= 15 is 0 Å². The van der Waals surface area contributed by atoms with Gasteiger partial charge in [-0.25, -0.2) is 0 Å². The molecule has 1 aromatic rings. The van der Waals surface area contributed by atoms with Crippen molar-refractivity contribution in [3.63, 3.8) is 0 Å². The fourth-order valence-electron chi connectivity index (χ4n) is 1.92. The minimum Gasteiger partial charge on any atom is -0.382 e. The minimum absolute atomic E-state index is 0.353. The highest BCUT2D eigenvalue weighted by Gasteiger charge is 2.17. The highest BCUT2D eigenvalue weighted by atomic mass is 16.5. The summed E-state index contributed by atoms with van der Waals surface area (Å²) in [6.07, 6.45) is 3.77. The van der Waals surface area contributed by atoms with E-state index in [1.165, 1.54) is 17.7 Å². The van der Waals surface area contributed by atoms with E-state index in [4.69, 9.17) is 4.74 Å². The van der Waals surface area contributed by atoms with Crippen molar-refractivity contribution in [2.24, 2.45) is 0 Å². The van der Waals surface area contributed by atoms with Crippen LogP contribution in [0, 0.1) is 0 Å². The van der Waals surface area contributed by atoms with Crippen molar-refractivity contribution in [1.82, 2.24) is 0 Å². The molecule has 0 fully saturated rings. The summed E-state index contributed by atoms with van der Waals surface area (Å²) >= 11 is 0. The zero-order chi connectivity index (χ0) is 10.5. The smallest absolute Gasteiger partial charge is 0.0788 e. The van der Waals surface area contributed by atoms with Crippen molar-refractivity contribution in [3.05, 3.63) is 29.8 Å². The van der Waals surface area contributed by atoms with Gasteiger partial charge in [0.1, 0.15) is 0 Å². The van der Waals surface area contributed by atoms with Crippen LogP contribution < -0.4 is 5.32 Å². The van der Waals surface area contributed by atoms with Crippen molar-refractivity contribution in [2.75, 3.05) is 18.5 Å². The molecule has 0 aromatic heterocycles. The van der Waals surface area contributed by atoms with Gasteiger partial charge in [0, 0.05) is 25.3 Å². The molecule has 1 unspecified atom stereocenters. The molecule has 1 aliphatic heterocycles. The summed E-state index contributed by atoms with van der Waals surface area (Å²) in [5.74, 6) is 0. The number of unbranched alkanes of at least 4 members (excludes halogenated alkanes) is 1. The van der Waals surface area contributed by atoms with Crippen LogP contribution in [0.25, 0.3) is 0 Å². The third-order valence-corrected chi connectivity index (χ3v) is 2.84. The number of benzene rings is 1. The lowest BCUT2D eigenvalue weighted by atomic mass is 10.0. The number of fused-ring (bicyclic) bond motifs is 1. The number of nitrogens with one attached hydrogen (secondary N) is 1. The summed E-state index contributed by atoms with van der Waals surface area (Å²) < 4.78 is 5.82. The number of hydrogen-bond acceptors (Lipinski definition) is 2. The van der Waals surface area contributed by atoms with Gasteiger partial charge >= 0.3 is 0 Å². The van der Waals surface area contributed by atoms with Crippen LogP contribution in [-0.4, -0.2) is 19.3 Å². The molecule has 0 saturated carbocycles. The number of ether oxygens (including phenoxy) is 1. The first kappa shape index (κ1) is 10.5. The fourth-order valence-corrected chi connectivity index (χ4v) is 1.92. The number of anilines is 1. The first-order valence-electron chi connectivity index (χ1n) is 5.83. The molecule has 82 valence electrons. The van der Waals surface area contributed by atoms with Gasteiger partial charge in [-0.05, 0) is 18.1 Å². The Bertz CT molecular complexity index is 311. The SMILES string of the molecule is CCCCOC1CNc2ccccc2C1. The standard InChI is InChI=1S/C13H19NO/c1-2-3-8-15-12-9-11-6-4-5-7-13(11)14-10-12/h4-7,12,14H,2-3,8-10H2,1H3. The van der Waals surface area contributed by atoms with E-state index in [1.807, 2.05) is 0 Å². The molecule has 2 nitrogen and oxygen atoms in total. The Morgan fingerprint density at radius 1 is 1.40 bits per heavy atom. The van der Waals surface area contributed by atoms with Gasteiger partial charge in [-0.2, -0.15) is 0 Å². The molecule has 1 aromatic carbocycles. The number of para-hydroxylation sites is 1. The van der Waals surface area contributed by atoms with Gasteiger partial charge in [0.15, 0.2) is 0 Å². The second kappa shape index (κ2) is 5.17. The molecule has 1 heterocycles. The van der Waals surface area contributed by atoms with Crippen LogP contribution in [0.5, 0.6) is 0 Å². The summed E-state index contributed by atoms with van der Waals surface area (Å²) in [6, 6.07) is 8.48. The average molecular weight is 205 g/mol. The van der Waals surface area contributed by atoms with Gasteiger partial charge in [0.2, 0.25) is 0 Å². The topological polar surface area (TPSA) is 21.3 Å². The Balaban J connectivity index is 1.88. The first-order chi connectivity index (χ1) is 7.40. The second-order valence-corrected chi connectivity index (χ2v) is 4.09. The van der Waals surface area contributed by atoms with E-state index in [2.05, 4.69) is 36.5 Å². The molecule has 0 spiro atoms. The molecule has 2 heteroatoms. The van der Waals surface area contributed by atoms with Gasteiger partial charge in [-0.15, -0.1) is 0 Å². The highest BCUT2D eigenvalue weighted by Crippen LogP contribution is 2.22. The predicted octanol–water partition coefficient (Wildman–Crippen LogP) is 2.84. The first-order valence-corrected chi connectivity index (χ1v) is 5.83. The van der Waals surface area contributed by atoms with Crippen molar-refractivity contribution in [3.8, 4) is 0 Å². The van der Waals surface area contributed by atoms with Crippen LogP contribution in [0.1, 0.15) is 25.3 Å². The molecular weight excluding hydrogens is 186 g/mol. The summed E-state index contributed by atoms with van der Waals surface area (Å²) in [7, 11) is 0. The van der Waals surface area contributed by atoms with Crippen molar-refractivity contribution < 1.29 is 4.74 Å².